The van der Waals surface area contributed by atoms with Crippen molar-refractivity contribution in [2.24, 2.45) is 0 Å². The minimum Gasteiger partial charge on any atom is -0.353 e. The van der Waals surface area contributed by atoms with E-state index in [1.54, 1.807) is 0 Å². The number of hydrogen-bond donors (Lipinski definition) is 0. The van der Waals surface area contributed by atoms with Crippen molar-refractivity contribution in [3.8, 4) is 0 Å². The maximum atomic E-state index is 6.29. The molecule has 114 valence electrons. The van der Waals surface area contributed by atoms with Crippen LogP contribution < -0.4 is 4.90 Å². The number of aromatic nitrogens is 2. The second-order valence-corrected chi connectivity index (χ2v) is 6.23. The first kappa shape index (κ1) is 17.2. The molecule has 1 unspecified atom stereocenters. The third-order valence-corrected chi connectivity index (χ3v) is 3.74. The van der Waals surface area contributed by atoms with Crippen LogP contribution in [0.4, 0.5) is 5.82 Å². The van der Waals surface area contributed by atoms with E-state index in [1.807, 2.05) is 6.92 Å². The molecular weight excluding hydrogens is 272 g/mol. The lowest BCUT2D eigenvalue weighted by molar-refractivity contribution is 0.372. The SMILES string of the molecule is CCN(c1nc(C(C)C)nc(Cl)c1C)C(C)CN(C)C. The highest BCUT2D eigenvalue weighted by Crippen LogP contribution is 2.27. The maximum Gasteiger partial charge on any atom is 0.137 e. The van der Waals surface area contributed by atoms with Gasteiger partial charge in [-0.2, -0.15) is 0 Å². The molecular formula is C15H27ClN4. The van der Waals surface area contributed by atoms with Gasteiger partial charge in [0.15, 0.2) is 0 Å². The Balaban J connectivity index is 3.20. The van der Waals surface area contributed by atoms with E-state index in [0.29, 0.717) is 11.2 Å². The zero-order valence-corrected chi connectivity index (χ0v) is 14.5. The van der Waals surface area contributed by atoms with Gasteiger partial charge in [0.05, 0.1) is 0 Å². The molecule has 0 bridgehead atoms. The van der Waals surface area contributed by atoms with E-state index < -0.39 is 0 Å². The van der Waals surface area contributed by atoms with Gasteiger partial charge >= 0.3 is 0 Å². The van der Waals surface area contributed by atoms with Crippen LogP contribution in [0, 0.1) is 6.92 Å². The van der Waals surface area contributed by atoms with Crippen LogP contribution in [0.1, 0.15) is 45.0 Å². The molecule has 20 heavy (non-hydrogen) atoms. The fraction of sp³-hybridized carbons (Fsp3) is 0.733. The van der Waals surface area contributed by atoms with Crippen LogP contribution in [0.5, 0.6) is 0 Å². The molecule has 0 radical (unpaired) electrons. The summed E-state index contributed by atoms with van der Waals surface area (Å²) in [7, 11) is 4.17. The second kappa shape index (κ2) is 7.23. The van der Waals surface area contributed by atoms with Crippen LogP contribution in [-0.4, -0.2) is 48.1 Å². The predicted molar refractivity (Wildman–Crippen MR) is 86.9 cm³/mol. The summed E-state index contributed by atoms with van der Waals surface area (Å²) >= 11 is 6.29. The smallest absolute Gasteiger partial charge is 0.137 e. The maximum absolute atomic E-state index is 6.29. The van der Waals surface area contributed by atoms with Gasteiger partial charge in [0, 0.05) is 30.6 Å². The number of likely N-dealkylation sites (N-methyl/N-ethyl adjacent to an activating group) is 2. The van der Waals surface area contributed by atoms with E-state index >= 15 is 0 Å². The van der Waals surface area contributed by atoms with Gasteiger partial charge < -0.3 is 9.80 Å². The summed E-state index contributed by atoms with van der Waals surface area (Å²) in [6, 6.07) is 0.375. The largest absolute Gasteiger partial charge is 0.353 e. The Morgan fingerprint density at radius 1 is 1.15 bits per heavy atom. The van der Waals surface area contributed by atoms with E-state index in [0.717, 1.165) is 30.3 Å². The monoisotopic (exact) mass is 298 g/mol. The molecule has 5 heteroatoms. The van der Waals surface area contributed by atoms with Crippen LogP contribution >= 0.6 is 11.6 Å². The Hall–Kier alpha value is -0.870. The number of nitrogens with zero attached hydrogens (tertiary/aromatic N) is 4. The number of halogens is 1. The van der Waals surface area contributed by atoms with Gasteiger partial charge in [0.2, 0.25) is 0 Å². The van der Waals surface area contributed by atoms with Crippen molar-refractivity contribution in [1.29, 1.82) is 0 Å². The Morgan fingerprint density at radius 3 is 2.20 bits per heavy atom. The van der Waals surface area contributed by atoms with Crippen LogP contribution in [0.15, 0.2) is 0 Å². The van der Waals surface area contributed by atoms with Gasteiger partial charge in [0.25, 0.3) is 0 Å². The molecule has 4 nitrogen and oxygen atoms in total. The minimum atomic E-state index is 0.273. The molecule has 1 heterocycles. The molecule has 1 rings (SSSR count). The van der Waals surface area contributed by atoms with Gasteiger partial charge in [-0.1, -0.05) is 25.4 Å². The summed E-state index contributed by atoms with van der Waals surface area (Å²) in [6.45, 7) is 12.4. The number of hydrogen-bond acceptors (Lipinski definition) is 4. The van der Waals surface area contributed by atoms with Gasteiger partial charge in [-0.05, 0) is 34.9 Å². The Morgan fingerprint density at radius 2 is 1.75 bits per heavy atom. The zero-order valence-electron chi connectivity index (χ0n) is 13.7. The van der Waals surface area contributed by atoms with Crippen molar-refractivity contribution in [2.45, 2.75) is 46.6 Å². The third-order valence-electron chi connectivity index (χ3n) is 3.37. The standard InChI is InChI=1S/C15H27ClN4/c1-8-20(11(4)9-19(6)7)15-12(5)13(16)17-14(18-15)10(2)3/h10-11H,8-9H2,1-7H3. The molecule has 0 aliphatic heterocycles. The predicted octanol–water partition coefficient (Wildman–Crippen LogP) is 3.34. The van der Waals surface area contributed by atoms with Crippen LogP contribution in [-0.2, 0) is 0 Å². The first-order valence-electron chi connectivity index (χ1n) is 7.23. The lowest BCUT2D eigenvalue weighted by Crippen LogP contribution is -2.41. The number of anilines is 1. The molecule has 0 aromatic carbocycles. The summed E-state index contributed by atoms with van der Waals surface area (Å²) < 4.78 is 0. The summed E-state index contributed by atoms with van der Waals surface area (Å²) in [5.41, 5.74) is 0.962. The summed E-state index contributed by atoms with van der Waals surface area (Å²) in [4.78, 5) is 13.6. The van der Waals surface area contributed by atoms with E-state index in [4.69, 9.17) is 16.6 Å². The molecule has 0 aliphatic carbocycles. The molecule has 1 aromatic heterocycles. The van der Waals surface area contributed by atoms with Gasteiger partial charge in [-0.25, -0.2) is 9.97 Å². The number of rotatable bonds is 6. The Bertz CT molecular complexity index is 446. The van der Waals surface area contributed by atoms with E-state index in [1.165, 1.54) is 0 Å². The summed E-state index contributed by atoms with van der Waals surface area (Å²) in [5.74, 6) is 2.05. The zero-order chi connectivity index (χ0) is 15.4. The van der Waals surface area contributed by atoms with Gasteiger partial charge in [0.1, 0.15) is 16.8 Å². The third kappa shape index (κ3) is 4.06. The fourth-order valence-electron chi connectivity index (χ4n) is 2.33. The van der Waals surface area contributed by atoms with Crippen molar-refractivity contribution in [3.63, 3.8) is 0 Å². The molecule has 0 aliphatic rings. The van der Waals surface area contributed by atoms with Crippen molar-refractivity contribution < 1.29 is 0 Å². The van der Waals surface area contributed by atoms with Gasteiger partial charge in [-0.15, -0.1) is 0 Å². The molecule has 0 saturated carbocycles. The van der Waals surface area contributed by atoms with Crippen LogP contribution in [0.25, 0.3) is 0 Å². The highest BCUT2D eigenvalue weighted by molar-refractivity contribution is 6.30. The Labute approximate surface area is 128 Å². The Kier molecular flexibility index (Phi) is 6.21. The average Bonchev–Trinajstić information content (AvgIpc) is 2.33. The van der Waals surface area contributed by atoms with Crippen molar-refractivity contribution in [2.75, 3.05) is 32.1 Å². The van der Waals surface area contributed by atoms with Crippen molar-refractivity contribution in [3.05, 3.63) is 16.5 Å². The lowest BCUT2D eigenvalue weighted by atomic mass is 10.2. The minimum absolute atomic E-state index is 0.273. The average molecular weight is 299 g/mol. The van der Waals surface area contributed by atoms with E-state index in [9.17, 15) is 0 Å². The highest BCUT2D eigenvalue weighted by atomic mass is 35.5. The van der Waals surface area contributed by atoms with E-state index in [-0.39, 0.29) is 5.92 Å². The molecule has 1 aromatic rings. The topological polar surface area (TPSA) is 32.3 Å². The quantitative estimate of drug-likeness (QED) is 0.754. The molecule has 0 fully saturated rings. The molecule has 0 N–H and O–H groups in total. The summed E-state index contributed by atoms with van der Waals surface area (Å²) in [5, 5.41) is 0.564. The van der Waals surface area contributed by atoms with Crippen molar-refractivity contribution in [1.82, 2.24) is 14.9 Å². The second-order valence-electron chi connectivity index (χ2n) is 5.87. The van der Waals surface area contributed by atoms with E-state index in [2.05, 4.69) is 56.6 Å². The fourth-order valence-corrected chi connectivity index (χ4v) is 2.50. The molecule has 0 spiro atoms. The molecule has 0 saturated heterocycles. The van der Waals surface area contributed by atoms with Crippen LogP contribution in [0.2, 0.25) is 5.15 Å². The normalized spacial score (nSPS) is 13.1. The summed E-state index contributed by atoms with van der Waals surface area (Å²) in [6.07, 6.45) is 0. The first-order valence-corrected chi connectivity index (χ1v) is 7.61. The first-order chi connectivity index (χ1) is 9.27. The van der Waals surface area contributed by atoms with Crippen molar-refractivity contribution >= 4 is 17.4 Å². The molecule has 0 amide bonds. The lowest BCUT2D eigenvalue weighted by Gasteiger charge is -2.32. The highest BCUT2D eigenvalue weighted by Gasteiger charge is 2.20. The molecule has 1 atom stereocenters. The van der Waals surface area contributed by atoms with Gasteiger partial charge in [-0.3, -0.25) is 0 Å². The van der Waals surface area contributed by atoms with Crippen LogP contribution in [0.3, 0.4) is 0 Å².